The average Bonchev–Trinajstić information content (AvgIpc) is 3.06. The summed E-state index contributed by atoms with van der Waals surface area (Å²) in [5, 5.41) is 3.58. The summed E-state index contributed by atoms with van der Waals surface area (Å²) in [6.45, 7) is 3.29. The minimum atomic E-state index is -0.521. The maximum absolute atomic E-state index is 12.5. The molecule has 5 nitrogen and oxygen atoms in total. The second kappa shape index (κ2) is 6.94. The molecule has 2 aliphatic heterocycles. The third kappa shape index (κ3) is 3.57. The van der Waals surface area contributed by atoms with Crippen LogP contribution in [0, 0.1) is 0 Å². The summed E-state index contributed by atoms with van der Waals surface area (Å²) in [5.41, 5.74) is 2.87. The lowest BCUT2D eigenvalue weighted by atomic mass is 10.1. The fourth-order valence-electron chi connectivity index (χ4n) is 3.16. The number of hydrogen-bond acceptors (Lipinski definition) is 4. The Bertz CT molecular complexity index is 773. The molecular weight excluding hydrogens is 340 g/mol. The van der Waals surface area contributed by atoms with Crippen molar-refractivity contribution >= 4 is 28.9 Å². The Labute approximate surface area is 151 Å². The standard InChI is InChI=1S/C19H19ClN2O3/c20-14-1-6-17-13(11-14)12-18(25-17)19(23)21-15-2-4-16(5-3-15)22-7-9-24-10-8-22/h1-6,11,18H,7-10,12H2,(H,21,23)/t18-/m0/s1. The minimum absolute atomic E-state index is 0.147. The quantitative estimate of drug-likeness (QED) is 0.916. The normalized spacial score (nSPS) is 19.2. The van der Waals surface area contributed by atoms with Gasteiger partial charge in [-0.25, -0.2) is 0 Å². The Balaban J connectivity index is 1.38. The van der Waals surface area contributed by atoms with Gasteiger partial charge in [0.25, 0.3) is 5.91 Å². The van der Waals surface area contributed by atoms with Crippen LogP contribution in [-0.2, 0) is 16.0 Å². The lowest BCUT2D eigenvalue weighted by molar-refractivity contribution is -0.122. The molecule has 0 unspecified atom stereocenters. The first kappa shape index (κ1) is 16.2. The number of rotatable bonds is 3. The van der Waals surface area contributed by atoms with Crippen molar-refractivity contribution in [1.82, 2.24) is 0 Å². The highest BCUT2D eigenvalue weighted by molar-refractivity contribution is 6.30. The molecule has 6 heteroatoms. The predicted molar refractivity (Wildman–Crippen MR) is 97.7 cm³/mol. The highest BCUT2D eigenvalue weighted by atomic mass is 35.5. The lowest BCUT2D eigenvalue weighted by Crippen LogP contribution is -2.36. The SMILES string of the molecule is O=C(Nc1ccc(N2CCOCC2)cc1)[C@@H]1Cc2cc(Cl)ccc2O1. The average molecular weight is 359 g/mol. The number of halogens is 1. The van der Waals surface area contributed by atoms with Crippen molar-refractivity contribution in [2.24, 2.45) is 0 Å². The van der Waals surface area contributed by atoms with Crippen molar-refractivity contribution in [1.29, 1.82) is 0 Å². The number of carbonyl (C=O) groups excluding carboxylic acids is 1. The summed E-state index contributed by atoms with van der Waals surface area (Å²) in [5.74, 6) is 0.582. The van der Waals surface area contributed by atoms with Gasteiger partial charge in [0.2, 0.25) is 0 Å². The Morgan fingerprint density at radius 1 is 1.12 bits per heavy atom. The molecule has 4 rings (SSSR count). The van der Waals surface area contributed by atoms with E-state index in [1.807, 2.05) is 36.4 Å². The van der Waals surface area contributed by atoms with E-state index >= 15 is 0 Å². The number of morpholine rings is 1. The van der Waals surface area contributed by atoms with E-state index in [2.05, 4.69) is 10.2 Å². The number of nitrogens with one attached hydrogen (secondary N) is 1. The van der Waals surface area contributed by atoms with Crippen LogP contribution in [0.15, 0.2) is 42.5 Å². The van der Waals surface area contributed by atoms with Crippen molar-refractivity contribution in [3.05, 3.63) is 53.1 Å². The summed E-state index contributed by atoms with van der Waals surface area (Å²) < 4.78 is 11.1. The van der Waals surface area contributed by atoms with E-state index in [9.17, 15) is 4.79 Å². The zero-order valence-electron chi connectivity index (χ0n) is 13.7. The molecule has 2 aromatic carbocycles. The maximum atomic E-state index is 12.5. The summed E-state index contributed by atoms with van der Waals surface area (Å²) in [6.07, 6.45) is 0.0144. The molecule has 1 fully saturated rings. The van der Waals surface area contributed by atoms with Gasteiger partial charge in [0.05, 0.1) is 13.2 Å². The third-order valence-electron chi connectivity index (χ3n) is 4.50. The monoisotopic (exact) mass is 358 g/mol. The third-order valence-corrected chi connectivity index (χ3v) is 4.74. The number of fused-ring (bicyclic) bond motifs is 1. The summed E-state index contributed by atoms with van der Waals surface area (Å²) >= 11 is 5.99. The number of hydrogen-bond donors (Lipinski definition) is 1. The molecule has 0 radical (unpaired) electrons. The van der Waals surface area contributed by atoms with Crippen molar-refractivity contribution < 1.29 is 14.3 Å². The lowest BCUT2D eigenvalue weighted by Gasteiger charge is -2.28. The smallest absolute Gasteiger partial charge is 0.265 e. The predicted octanol–water partition coefficient (Wildman–Crippen LogP) is 3.12. The van der Waals surface area contributed by atoms with Crippen LogP contribution in [0.25, 0.3) is 0 Å². The largest absolute Gasteiger partial charge is 0.480 e. The molecule has 0 aliphatic carbocycles. The van der Waals surface area contributed by atoms with E-state index in [0.29, 0.717) is 11.4 Å². The van der Waals surface area contributed by atoms with Crippen molar-refractivity contribution in [2.75, 3.05) is 36.5 Å². The summed E-state index contributed by atoms with van der Waals surface area (Å²) in [7, 11) is 0. The molecule has 0 spiro atoms. The van der Waals surface area contributed by atoms with Gasteiger partial charge in [0, 0.05) is 35.9 Å². The highest BCUT2D eigenvalue weighted by Gasteiger charge is 2.29. The zero-order valence-corrected chi connectivity index (χ0v) is 14.5. The molecule has 0 bridgehead atoms. The number of carbonyl (C=O) groups is 1. The molecule has 2 aliphatic rings. The summed E-state index contributed by atoms with van der Waals surface area (Å²) in [6, 6.07) is 13.3. The number of ether oxygens (including phenoxy) is 2. The van der Waals surface area contributed by atoms with Crippen LogP contribution in [0.5, 0.6) is 5.75 Å². The molecule has 0 saturated carbocycles. The van der Waals surface area contributed by atoms with Crippen molar-refractivity contribution in [2.45, 2.75) is 12.5 Å². The summed E-state index contributed by atoms with van der Waals surface area (Å²) in [4.78, 5) is 14.7. The first-order chi connectivity index (χ1) is 12.2. The first-order valence-corrected chi connectivity index (χ1v) is 8.75. The zero-order chi connectivity index (χ0) is 17.2. The Kier molecular flexibility index (Phi) is 4.51. The van der Waals surface area contributed by atoms with Gasteiger partial charge in [0.15, 0.2) is 6.10 Å². The van der Waals surface area contributed by atoms with E-state index < -0.39 is 6.10 Å². The molecular formula is C19H19ClN2O3. The van der Waals surface area contributed by atoms with E-state index in [1.54, 1.807) is 6.07 Å². The van der Waals surface area contributed by atoms with Gasteiger partial charge < -0.3 is 19.7 Å². The second-order valence-corrected chi connectivity index (χ2v) is 6.63. The van der Waals surface area contributed by atoms with Crippen LogP contribution in [0.2, 0.25) is 5.02 Å². The molecule has 1 amide bonds. The fraction of sp³-hybridized carbons (Fsp3) is 0.316. The Hall–Kier alpha value is -2.24. The molecule has 0 aromatic heterocycles. The van der Waals surface area contributed by atoms with Crippen LogP contribution in [-0.4, -0.2) is 38.3 Å². The minimum Gasteiger partial charge on any atom is -0.480 e. The molecule has 1 atom stereocenters. The second-order valence-electron chi connectivity index (χ2n) is 6.20. The molecule has 130 valence electrons. The van der Waals surface area contributed by atoms with Gasteiger partial charge in [-0.3, -0.25) is 4.79 Å². The van der Waals surface area contributed by atoms with Gasteiger partial charge >= 0.3 is 0 Å². The van der Waals surface area contributed by atoms with Gasteiger partial charge in [-0.2, -0.15) is 0 Å². The number of anilines is 2. The Morgan fingerprint density at radius 3 is 2.64 bits per heavy atom. The molecule has 1 N–H and O–H groups in total. The van der Waals surface area contributed by atoms with Crippen LogP contribution in [0.4, 0.5) is 11.4 Å². The van der Waals surface area contributed by atoms with Crippen LogP contribution < -0.4 is 15.0 Å². The van der Waals surface area contributed by atoms with Gasteiger partial charge in [-0.1, -0.05) is 11.6 Å². The number of amides is 1. The van der Waals surface area contributed by atoms with Crippen molar-refractivity contribution in [3.63, 3.8) is 0 Å². The van der Waals surface area contributed by atoms with E-state index in [1.165, 1.54) is 0 Å². The first-order valence-electron chi connectivity index (χ1n) is 8.38. The maximum Gasteiger partial charge on any atom is 0.265 e. The van der Waals surface area contributed by atoms with Crippen molar-refractivity contribution in [3.8, 4) is 5.75 Å². The van der Waals surface area contributed by atoms with Crippen LogP contribution in [0.3, 0.4) is 0 Å². The number of benzene rings is 2. The Morgan fingerprint density at radius 2 is 1.88 bits per heavy atom. The molecule has 2 heterocycles. The van der Waals surface area contributed by atoms with Gasteiger partial charge in [0.1, 0.15) is 5.75 Å². The molecule has 25 heavy (non-hydrogen) atoms. The van der Waals surface area contributed by atoms with Crippen LogP contribution in [0.1, 0.15) is 5.56 Å². The van der Waals surface area contributed by atoms with E-state index in [-0.39, 0.29) is 5.91 Å². The molecule has 1 saturated heterocycles. The number of nitrogens with zero attached hydrogens (tertiary/aromatic N) is 1. The van der Waals surface area contributed by atoms with Crippen LogP contribution >= 0.6 is 11.6 Å². The fourth-order valence-corrected chi connectivity index (χ4v) is 3.36. The van der Waals surface area contributed by atoms with Gasteiger partial charge in [-0.05, 0) is 48.0 Å². The van der Waals surface area contributed by atoms with Gasteiger partial charge in [-0.15, -0.1) is 0 Å². The van der Waals surface area contributed by atoms with E-state index in [4.69, 9.17) is 21.1 Å². The highest BCUT2D eigenvalue weighted by Crippen LogP contribution is 2.31. The topological polar surface area (TPSA) is 50.8 Å². The van der Waals surface area contributed by atoms with E-state index in [0.717, 1.165) is 49.0 Å². The molecule has 2 aromatic rings.